The molecule has 32 heavy (non-hydrogen) atoms. The van der Waals surface area contributed by atoms with Gasteiger partial charge in [0.05, 0.1) is 28.5 Å². The monoisotopic (exact) mass is 446 g/mol. The number of fused-ring (bicyclic) bond motifs is 1. The number of anilines is 1. The number of nitrogens with zero attached hydrogens (tertiary/aromatic N) is 10. The number of azo groups is 2. The Morgan fingerprint density at radius 1 is 1.16 bits per heavy atom. The highest BCUT2D eigenvalue weighted by atomic mass is 32.1. The Morgan fingerprint density at radius 3 is 2.66 bits per heavy atom. The maximum Gasteiger partial charge on any atom is 0.175 e. The van der Waals surface area contributed by atoms with Crippen LogP contribution in [0.15, 0.2) is 50.9 Å². The molecule has 12 heteroatoms. The molecule has 0 fully saturated rings. The fourth-order valence-corrected chi connectivity index (χ4v) is 3.54. The van der Waals surface area contributed by atoms with Crippen molar-refractivity contribution in [1.82, 2.24) is 19.1 Å². The molecule has 0 spiro atoms. The zero-order valence-corrected chi connectivity index (χ0v) is 18.5. The van der Waals surface area contributed by atoms with E-state index in [2.05, 4.69) is 41.0 Å². The third-order valence-electron chi connectivity index (χ3n) is 4.65. The van der Waals surface area contributed by atoms with Crippen LogP contribution in [0.2, 0.25) is 0 Å². The molecule has 0 saturated heterocycles. The van der Waals surface area contributed by atoms with E-state index < -0.39 is 0 Å². The molecule has 3 heterocycles. The average molecular weight is 447 g/mol. The topological polar surface area (TPSA) is 140 Å². The van der Waals surface area contributed by atoms with E-state index in [0.29, 0.717) is 38.8 Å². The molecule has 0 radical (unpaired) electrons. The highest BCUT2D eigenvalue weighted by Gasteiger charge is 2.16. The number of aromatic nitrogens is 4. The number of phenols is 1. The minimum absolute atomic E-state index is 0.161. The summed E-state index contributed by atoms with van der Waals surface area (Å²) in [7, 11) is 5.42. The van der Waals surface area contributed by atoms with E-state index in [-0.39, 0.29) is 17.1 Å². The first kappa shape index (κ1) is 21.0. The van der Waals surface area contributed by atoms with Crippen LogP contribution in [0.5, 0.6) is 5.75 Å². The van der Waals surface area contributed by atoms with Crippen LogP contribution < -0.4 is 4.90 Å². The van der Waals surface area contributed by atoms with Gasteiger partial charge in [-0.05, 0) is 36.7 Å². The number of aryl methyl sites for hydroxylation is 2. The van der Waals surface area contributed by atoms with Crippen LogP contribution in [0.4, 0.5) is 27.9 Å². The summed E-state index contributed by atoms with van der Waals surface area (Å²) in [6, 6.07) is 8.93. The minimum atomic E-state index is -0.161. The van der Waals surface area contributed by atoms with Gasteiger partial charge in [0, 0.05) is 27.2 Å². The number of hydrogen-bond donors (Lipinski definition) is 1. The number of aromatic hydroxyl groups is 1. The Bertz CT molecular complexity index is 1410. The van der Waals surface area contributed by atoms with Crippen LogP contribution >= 0.6 is 11.5 Å². The molecule has 160 valence electrons. The van der Waals surface area contributed by atoms with Crippen molar-refractivity contribution >= 4 is 50.4 Å². The number of phenolic OH excluding ortho intramolecular Hbond substituents is 1. The van der Waals surface area contributed by atoms with E-state index in [1.54, 1.807) is 49.1 Å². The van der Waals surface area contributed by atoms with Gasteiger partial charge in [0.15, 0.2) is 27.9 Å². The van der Waals surface area contributed by atoms with Gasteiger partial charge < -0.3 is 10.0 Å². The molecule has 1 N–H and O–H groups in total. The van der Waals surface area contributed by atoms with Crippen molar-refractivity contribution in [3.63, 3.8) is 0 Å². The normalized spacial score (nSPS) is 11.6. The predicted molar refractivity (Wildman–Crippen MR) is 121 cm³/mol. The smallest absolute Gasteiger partial charge is 0.175 e. The molecule has 0 aliphatic carbocycles. The summed E-state index contributed by atoms with van der Waals surface area (Å²) in [5.74, 6) is 0.375. The summed E-state index contributed by atoms with van der Waals surface area (Å²) in [6.45, 7) is 1.75. The molecular formula is C20H18N10OS. The molecule has 0 unspecified atom stereocenters. The second kappa shape index (κ2) is 8.48. The Labute approximate surface area is 187 Å². The predicted octanol–water partition coefficient (Wildman–Crippen LogP) is 5.21. The number of pyridine rings is 1. The summed E-state index contributed by atoms with van der Waals surface area (Å²) in [4.78, 5) is 6.14. The van der Waals surface area contributed by atoms with Gasteiger partial charge in [-0.1, -0.05) is 0 Å². The summed E-state index contributed by atoms with van der Waals surface area (Å²) < 4.78 is 5.84. The first-order valence-electron chi connectivity index (χ1n) is 9.41. The molecule has 0 atom stereocenters. The summed E-state index contributed by atoms with van der Waals surface area (Å²) >= 11 is 1.11. The molecule has 4 rings (SSSR count). The lowest BCUT2D eigenvalue weighted by atomic mass is 10.2. The second-order valence-corrected chi connectivity index (χ2v) is 7.75. The molecule has 0 bridgehead atoms. The van der Waals surface area contributed by atoms with E-state index in [9.17, 15) is 10.4 Å². The van der Waals surface area contributed by atoms with Crippen molar-refractivity contribution in [2.45, 2.75) is 6.92 Å². The van der Waals surface area contributed by atoms with Gasteiger partial charge in [-0.3, -0.25) is 0 Å². The van der Waals surface area contributed by atoms with Crippen LogP contribution in [0.25, 0.3) is 11.0 Å². The first-order chi connectivity index (χ1) is 15.4. The van der Waals surface area contributed by atoms with Crippen LogP contribution in [0.3, 0.4) is 0 Å². The van der Waals surface area contributed by atoms with Gasteiger partial charge in [0.1, 0.15) is 11.8 Å². The van der Waals surface area contributed by atoms with Gasteiger partial charge in [-0.2, -0.15) is 14.7 Å². The van der Waals surface area contributed by atoms with Crippen LogP contribution in [-0.2, 0) is 7.05 Å². The highest BCUT2D eigenvalue weighted by molar-refractivity contribution is 7.11. The maximum absolute atomic E-state index is 10.9. The van der Waals surface area contributed by atoms with Crippen molar-refractivity contribution < 1.29 is 5.11 Å². The third kappa shape index (κ3) is 3.88. The lowest BCUT2D eigenvalue weighted by Crippen LogP contribution is -2.08. The minimum Gasteiger partial charge on any atom is -0.504 e. The molecule has 1 aromatic carbocycles. The van der Waals surface area contributed by atoms with Gasteiger partial charge in [0.2, 0.25) is 0 Å². The van der Waals surface area contributed by atoms with E-state index in [1.807, 2.05) is 19.0 Å². The number of hydrogen-bond acceptors (Lipinski definition) is 11. The van der Waals surface area contributed by atoms with E-state index >= 15 is 0 Å². The molecule has 11 nitrogen and oxygen atoms in total. The molecular weight excluding hydrogens is 428 g/mol. The largest absolute Gasteiger partial charge is 0.504 e. The van der Waals surface area contributed by atoms with Crippen LogP contribution in [0, 0.1) is 18.3 Å². The fraction of sp³-hybridized carbons (Fsp3) is 0.200. The maximum atomic E-state index is 10.9. The van der Waals surface area contributed by atoms with Crippen LogP contribution in [-0.4, -0.2) is 38.3 Å². The first-order valence-corrected chi connectivity index (χ1v) is 10.2. The lowest BCUT2D eigenvalue weighted by molar-refractivity contribution is 0.477. The van der Waals surface area contributed by atoms with E-state index in [4.69, 9.17) is 0 Å². The van der Waals surface area contributed by atoms with Gasteiger partial charge >= 0.3 is 0 Å². The molecule has 0 aliphatic rings. The highest BCUT2D eigenvalue weighted by Crippen LogP contribution is 2.44. The standard InChI is InChI=1S/C20H18N10OS/c1-11-12(10-21)9-13-19(23-11)28-32-20(13)27-24-14-5-6-15(29(2)3)17(18(14)31)26-25-16-7-8-22-30(16)4/h5-9,31H,1-4H3/b26-25+,27-24+. The molecule has 0 aliphatic heterocycles. The summed E-state index contributed by atoms with van der Waals surface area (Å²) in [5, 5.41) is 42.1. The Balaban J connectivity index is 1.74. The third-order valence-corrected chi connectivity index (χ3v) is 5.39. The van der Waals surface area contributed by atoms with Gasteiger partial charge in [-0.25, -0.2) is 9.67 Å². The number of nitriles is 1. The number of rotatable bonds is 5. The quantitative estimate of drug-likeness (QED) is 0.417. The van der Waals surface area contributed by atoms with E-state index in [1.165, 1.54) is 0 Å². The Morgan fingerprint density at radius 2 is 1.97 bits per heavy atom. The van der Waals surface area contributed by atoms with Crippen molar-refractivity contribution in [2.75, 3.05) is 19.0 Å². The van der Waals surface area contributed by atoms with Gasteiger partial charge in [0.25, 0.3) is 0 Å². The zero-order valence-electron chi connectivity index (χ0n) is 17.7. The van der Waals surface area contributed by atoms with Crippen LogP contribution in [0.1, 0.15) is 11.3 Å². The SMILES string of the molecule is Cc1nc2nsc(/N=N/c3ccc(N(C)C)c(/N=N/c4ccnn4C)c3O)c2cc1C#N. The van der Waals surface area contributed by atoms with Crippen molar-refractivity contribution in [3.05, 3.63) is 41.7 Å². The zero-order chi connectivity index (χ0) is 22.8. The number of benzene rings is 1. The van der Waals surface area contributed by atoms with Gasteiger partial charge in [-0.15, -0.1) is 20.5 Å². The Hall–Kier alpha value is -4.24. The summed E-state index contributed by atoms with van der Waals surface area (Å²) in [5.41, 5.74) is 2.69. The molecule has 4 aromatic rings. The molecule has 0 saturated carbocycles. The Kier molecular flexibility index (Phi) is 5.57. The fourth-order valence-electron chi connectivity index (χ4n) is 2.90. The molecule has 3 aromatic heterocycles. The lowest BCUT2D eigenvalue weighted by Gasteiger charge is -2.16. The average Bonchev–Trinajstić information content (AvgIpc) is 3.36. The van der Waals surface area contributed by atoms with Crippen molar-refractivity contribution in [2.24, 2.45) is 27.5 Å². The second-order valence-electron chi connectivity index (χ2n) is 7.00. The molecule has 0 amide bonds. The van der Waals surface area contributed by atoms with E-state index in [0.717, 1.165) is 11.5 Å². The van der Waals surface area contributed by atoms with Crippen molar-refractivity contribution in [3.8, 4) is 11.8 Å². The van der Waals surface area contributed by atoms with Crippen molar-refractivity contribution in [1.29, 1.82) is 5.26 Å². The summed E-state index contributed by atoms with van der Waals surface area (Å²) in [6.07, 6.45) is 1.61.